The Labute approximate surface area is 155 Å². The number of para-hydroxylation sites is 2. The van der Waals surface area contributed by atoms with Crippen LogP contribution in [0.3, 0.4) is 0 Å². The van der Waals surface area contributed by atoms with Crippen molar-refractivity contribution in [2.75, 3.05) is 0 Å². The smallest absolute Gasteiger partial charge is 0.0972 e. The first-order valence-corrected chi connectivity index (χ1v) is 9.00. The molecule has 0 aliphatic rings. The number of hydrogen-bond acceptors (Lipinski definition) is 2. The van der Waals surface area contributed by atoms with E-state index >= 15 is 0 Å². The number of benzene rings is 2. The number of fused-ring (bicyclic) bond motifs is 1. The molecule has 0 bridgehead atoms. The van der Waals surface area contributed by atoms with Gasteiger partial charge in [-0.15, -0.1) is 0 Å². The fourth-order valence-electron chi connectivity index (χ4n) is 2.70. The molecule has 3 rings (SSSR count). The third-order valence-electron chi connectivity index (χ3n) is 4.07. The highest BCUT2D eigenvalue weighted by Gasteiger charge is 2.12. The molecule has 3 aromatic rings. The van der Waals surface area contributed by atoms with Crippen LogP contribution in [0, 0.1) is 5.92 Å². The van der Waals surface area contributed by atoms with Gasteiger partial charge in [0.25, 0.3) is 0 Å². The summed E-state index contributed by atoms with van der Waals surface area (Å²) >= 11 is 0. The lowest BCUT2D eigenvalue weighted by atomic mass is 10.0. The normalized spacial score (nSPS) is 11.8. The van der Waals surface area contributed by atoms with Gasteiger partial charge in [-0.2, -0.15) is 0 Å². The van der Waals surface area contributed by atoms with Crippen molar-refractivity contribution >= 4 is 16.6 Å². The summed E-state index contributed by atoms with van der Waals surface area (Å²) in [6.45, 7) is 8.65. The van der Waals surface area contributed by atoms with E-state index in [4.69, 9.17) is 9.97 Å². The summed E-state index contributed by atoms with van der Waals surface area (Å²) in [5, 5.41) is 0. The molecule has 1 aromatic heterocycles. The van der Waals surface area contributed by atoms with Crippen LogP contribution >= 0.6 is 0 Å². The van der Waals surface area contributed by atoms with E-state index in [1.54, 1.807) is 0 Å². The molecule has 0 saturated carbocycles. The summed E-state index contributed by atoms with van der Waals surface area (Å²) in [5.41, 5.74) is 5.37. The molecule has 0 fully saturated rings. The minimum absolute atomic E-state index is 0.666. The number of aromatic nitrogens is 2. The fraction of sp³-hybridized carbons (Fsp3) is 0.167. The highest BCUT2D eigenvalue weighted by Crippen LogP contribution is 2.27. The van der Waals surface area contributed by atoms with Gasteiger partial charge in [0.2, 0.25) is 0 Å². The number of hydrogen-bond donors (Lipinski definition) is 0. The van der Waals surface area contributed by atoms with Gasteiger partial charge in [-0.1, -0.05) is 87.2 Å². The van der Waals surface area contributed by atoms with Crippen LogP contribution in [0.15, 0.2) is 85.5 Å². The number of allylic oxidation sites excluding steroid dienone is 5. The monoisotopic (exact) mass is 340 g/mol. The summed E-state index contributed by atoms with van der Waals surface area (Å²) in [6.07, 6.45) is 9.35. The van der Waals surface area contributed by atoms with Crippen molar-refractivity contribution in [3.63, 3.8) is 0 Å². The summed E-state index contributed by atoms with van der Waals surface area (Å²) in [4.78, 5) is 9.70. The summed E-state index contributed by atoms with van der Waals surface area (Å²) in [5.74, 6) is 0.666. The van der Waals surface area contributed by atoms with Crippen LogP contribution in [0.25, 0.3) is 27.9 Å². The Morgan fingerprint density at radius 3 is 2.27 bits per heavy atom. The van der Waals surface area contributed by atoms with Gasteiger partial charge in [0, 0.05) is 5.56 Å². The van der Waals surface area contributed by atoms with E-state index in [1.165, 1.54) is 0 Å². The predicted molar refractivity (Wildman–Crippen MR) is 112 cm³/mol. The first-order valence-electron chi connectivity index (χ1n) is 9.00. The quantitative estimate of drug-likeness (QED) is 0.481. The maximum Gasteiger partial charge on any atom is 0.0972 e. The maximum atomic E-state index is 4.86. The second kappa shape index (κ2) is 8.39. The average molecular weight is 340 g/mol. The molecule has 0 saturated heterocycles. The minimum Gasteiger partial charge on any atom is -0.244 e. The molecule has 0 N–H and O–H groups in total. The molecule has 2 nitrogen and oxygen atoms in total. The Kier molecular flexibility index (Phi) is 5.75. The first-order chi connectivity index (χ1) is 12.6. The Morgan fingerprint density at radius 2 is 1.58 bits per heavy atom. The molecule has 0 aliphatic carbocycles. The van der Waals surface area contributed by atoms with Gasteiger partial charge in [0.05, 0.1) is 22.4 Å². The van der Waals surface area contributed by atoms with E-state index < -0.39 is 0 Å². The lowest BCUT2D eigenvalue weighted by Crippen LogP contribution is -1.97. The second-order valence-electron chi connectivity index (χ2n) is 6.72. The van der Waals surface area contributed by atoms with E-state index in [0.29, 0.717) is 5.92 Å². The third-order valence-corrected chi connectivity index (χ3v) is 4.07. The molecule has 130 valence electrons. The Hall–Kier alpha value is -3.00. The highest BCUT2D eigenvalue weighted by molar-refractivity contribution is 5.86. The fourth-order valence-corrected chi connectivity index (χ4v) is 2.70. The van der Waals surface area contributed by atoms with Gasteiger partial charge in [-0.05, 0) is 30.0 Å². The lowest BCUT2D eigenvalue weighted by Gasteiger charge is -2.10. The van der Waals surface area contributed by atoms with Crippen LogP contribution in [0.2, 0.25) is 0 Å². The van der Waals surface area contributed by atoms with Crippen molar-refractivity contribution in [3.8, 4) is 11.3 Å². The van der Waals surface area contributed by atoms with Crippen LogP contribution in [0.1, 0.15) is 26.0 Å². The lowest BCUT2D eigenvalue weighted by molar-refractivity contribution is 0.664. The summed E-state index contributed by atoms with van der Waals surface area (Å²) in [6, 6.07) is 18.1. The van der Waals surface area contributed by atoms with Gasteiger partial charge < -0.3 is 0 Å². The van der Waals surface area contributed by atoms with Crippen molar-refractivity contribution in [3.05, 3.63) is 91.2 Å². The van der Waals surface area contributed by atoms with Crippen LogP contribution in [0.5, 0.6) is 0 Å². The SMILES string of the molecule is C=C(/C=C\C=C/CC(C)C)c1nc2ccccc2nc1-c1ccccc1. The van der Waals surface area contributed by atoms with Gasteiger partial charge >= 0.3 is 0 Å². The van der Waals surface area contributed by atoms with E-state index in [-0.39, 0.29) is 0 Å². The van der Waals surface area contributed by atoms with Crippen molar-refractivity contribution in [1.82, 2.24) is 9.97 Å². The zero-order valence-corrected chi connectivity index (χ0v) is 15.4. The van der Waals surface area contributed by atoms with Crippen molar-refractivity contribution in [1.29, 1.82) is 0 Å². The van der Waals surface area contributed by atoms with Crippen molar-refractivity contribution in [2.24, 2.45) is 5.92 Å². The van der Waals surface area contributed by atoms with Crippen LogP contribution < -0.4 is 0 Å². The van der Waals surface area contributed by atoms with Gasteiger partial charge in [0.15, 0.2) is 0 Å². The van der Waals surface area contributed by atoms with E-state index in [0.717, 1.165) is 40.0 Å². The molecular weight excluding hydrogens is 316 g/mol. The molecule has 2 heteroatoms. The zero-order chi connectivity index (χ0) is 18.4. The van der Waals surface area contributed by atoms with E-state index in [1.807, 2.05) is 54.6 Å². The van der Waals surface area contributed by atoms with Crippen molar-refractivity contribution in [2.45, 2.75) is 20.3 Å². The molecule has 0 radical (unpaired) electrons. The first kappa shape index (κ1) is 17.8. The predicted octanol–water partition coefficient (Wildman–Crippen LogP) is 6.47. The molecule has 0 amide bonds. The third kappa shape index (κ3) is 4.34. The molecule has 1 heterocycles. The van der Waals surface area contributed by atoms with Crippen LogP contribution in [-0.2, 0) is 0 Å². The van der Waals surface area contributed by atoms with Gasteiger partial charge in [-0.3, -0.25) is 0 Å². The second-order valence-corrected chi connectivity index (χ2v) is 6.72. The highest BCUT2D eigenvalue weighted by atomic mass is 14.8. The molecule has 0 atom stereocenters. The average Bonchev–Trinajstić information content (AvgIpc) is 2.67. The molecule has 26 heavy (non-hydrogen) atoms. The summed E-state index contributed by atoms with van der Waals surface area (Å²) < 4.78 is 0. The Bertz CT molecular complexity index is 950. The number of nitrogens with zero attached hydrogens (tertiary/aromatic N) is 2. The van der Waals surface area contributed by atoms with Crippen LogP contribution in [0.4, 0.5) is 0 Å². The Morgan fingerprint density at radius 1 is 0.923 bits per heavy atom. The topological polar surface area (TPSA) is 25.8 Å². The number of rotatable bonds is 6. The standard InChI is InChI=1S/C24H24N2/c1-18(2)12-6-4-7-13-19(3)23-24(20-14-8-5-9-15-20)26-22-17-11-10-16-21(22)25-23/h4-11,13-18H,3,12H2,1-2H3/b6-4-,13-7-. The molecule has 0 spiro atoms. The Balaban J connectivity index is 1.99. The molecule has 2 aromatic carbocycles. The maximum absolute atomic E-state index is 4.86. The van der Waals surface area contributed by atoms with Gasteiger partial charge in [0.1, 0.15) is 0 Å². The van der Waals surface area contributed by atoms with Crippen molar-refractivity contribution < 1.29 is 0 Å². The molecular formula is C24H24N2. The van der Waals surface area contributed by atoms with E-state index in [2.05, 4.69) is 44.7 Å². The van der Waals surface area contributed by atoms with Crippen LogP contribution in [-0.4, -0.2) is 9.97 Å². The van der Waals surface area contributed by atoms with E-state index in [9.17, 15) is 0 Å². The zero-order valence-electron chi connectivity index (χ0n) is 15.4. The minimum atomic E-state index is 0.666. The summed E-state index contributed by atoms with van der Waals surface area (Å²) in [7, 11) is 0. The molecule has 0 unspecified atom stereocenters. The van der Waals surface area contributed by atoms with Gasteiger partial charge in [-0.25, -0.2) is 9.97 Å². The largest absolute Gasteiger partial charge is 0.244 e. The molecule has 0 aliphatic heterocycles.